The molecule has 6 nitrogen and oxygen atoms in total. The predicted molar refractivity (Wildman–Crippen MR) is 109 cm³/mol. The molecular formula is C18H20N2O4S3. The normalized spacial score (nSPS) is 13.2. The number of fused-ring (bicyclic) bond motifs is 1. The third-order valence-corrected chi connectivity index (χ3v) is 7.72. The van der Waals surface area contributed by atoms with Crippen LogP contribution in [-0.2, 0) is 14.8 Å². The Balaban J connectivity index is 1.87. The highest BCUT2D eigenvalue weighted by atomic mass is 32.2. The number of rotatable bonds is 7. The number of thiophene rings is 2. The second kappa shape index (κ2) is 8.07. The van der Waals surface area contributed by atoms with Gasteiger partial charge in [-0.05, 0) is 47.9 Å². The third kappa shape index (κ3) is 4.07. The number of nitrogens with zero attached hydrogens (tertiary/aromatic N) is 1. The van der Waals surface area contributed by atoms with E-state index in [1.165, 1.54) is 13.2 Å². The van der Waals surface area contributed by atoms with Crippen LogP contribution in [0.2, 0.25) is 0 Å². The smallest absolute Gasteiger partial charge is 0.349 e. The van der Waals surface area contributed by atoms with Crippen molar-refractivity contribution >= 4 is 48.8 Å². The number of benzene rings is 1. The van der Waals surface area contributed by atoms with Gasteiger partial charge in [-0.1, -0.05) is 18.2 Å². The van der Waals surface area contributed by atoms with Gasteiger partial charge in [-0.2, -0.15) is 0 Å². The molecule has 3 rings (SSSR count). The molecule has 1 aromatic carbocycles. The molecule has 0 aliphatic rings. The monoisotopic (exact) mass is 424 g/mol. The minimum Gasteiger partial charge on any atom is -0.465 e. The molecule has 0 unspecified atom stereocenters. The zero-order valence-electron chi connectivity index (χ0n) is 15.1. The van der Waals surface area contributed by atoms with Crippen molar-refractivity contribution in [2.45, 2.75) is 10.9 Å². The van der Waals surface area contributed by atoms with Crippen LogP contribution < -0.4 is 4.72 Å². The van der Waals surface area contributed by atoms with Gasteiger partial charge in [-0.15, -0.1) is 22.7 Å². The summed E-state index contributed by atoms with van der Waals surface area (Å²) in [6.07, 6.45) is 0. The first-order valence-electron chi connectivity index (χ1n) is 8.13. The maximum atomic E-state index is 12.8. The molecule has 0 saturated carbocycles. The van der Waals surface area contributed by atoms with Crippen LogP contribution in [0.15, 0.2) is 46.0 Å². The van der Waals surface area contributed by atoms with Gasteiger partial charge in [0.2, 0.25) is 10.0 Å². The molecule has 2 aromatic heterocycles. The first kappa shape index (κ1) is 20.0. The summed E-state index contributed by atoms with van der Waals surface area (Å²) in [5.74, 6) is -0.654. The lowest BCUT2D eigenvalue weighted by molar-refractivity contribution is 0.0602. The van der Waals surface area contributed by atoms with Gasteiger partial charge in [0.05, 0.1) is 7.11 Å². The summed E-state index contributed by atoms with van der Waals surface area (Å²) in [5.41, 5.74) is 1.07. The number of sulfonamides is 1. The lowest BCUT2D eigenvalue weighted by Crippen LogP contribution is -2.34. The quantitative estimate of drug-likeness (QED) is 0.589. The summed E-state index contributed by atoms with van der Waals surface area (Å²) in [6, 6.07) is 9.33. The molecule has 1 atom stereocenters. The average molecular weight is 425 g/mol. The van der Waals surface area contributed by atoms with Crippen molar-refractivity contribution < 1.29 is 17.9 Å². The highest BCUT2D eigenvalue weighted by Gasteiger charge is 2.27. The highest BCUT2D eigenvalue weighted by molar-refractivity contribution is 7.89. The number of hydrogen-bond donors (Lipinski definition) is 1. The molecule has 0 aliphatic carbocycles. The fraction of sp³-hybridized carbons (Fsp3) is 0.278. The molecule has 0 bridgehead atoms. The van der Waals surface area contributed by atoms with Crippen molar-refractivity contribution in [2.24, 2.45) is 0 Å². The summed E-state index contributed by atoms with van der Waals surface area (Å²) in [5, 5.41) is 4.75. The molecule has 0 saturated heterocycles. The summed E-state index contributed by atoms with van der Waals surface area (Å²) < 4.78 is 34.0. The van der Waals surface area contributed by atoms with Crippen LogP contribution in [-0.4, -0.2) is 47.0 Å². The number of esters is 1. The van der Waals surface area contributed by atoms with E-state index in [4.69, 9.17) is 0 Å². The Morgan fingerprint density at radius 3 is 2.67 bits per heavy atom. The van der Waals surface area contributed by atoms with Crippen LogP contribution in [0.3, 0.4) is 0 Å². The summed E-state index contributed by atoms with van der Waals surface area (Å²) in [7, 11) is 1.22. The largest absolute Gasteiger partial charge is 0.465 e. The fourth-order valence-corrected chi connectivity index (χ4v) is 6.22. The molecule has 0 fully saturated rings. The van der Waals surface area contributed by atoms with Crippen LogP contribution in [0.1, 0.15) is 21.3 Å². The maximum Gasteiger partial charge on any atom is 0.349 e. The number of likely N-dealkylation sites (N-methyl/N-ethyl adjacent to an activating group) is 1. The van der Waals surface area contributed by atoms with Crippen molar-refractivity contribution in [2.75, 3.05) is 27.7 Å². The van der Waals surface area contributed by atoms with Crippen molar-refractivity contribution in [1.29, 1.82) is 0 Å². The minimum absolute atomic E-state index is 0.0490. The summed E-state index contributed by atoms with van der Waals surface area (Å²) in [4.78, 5) is 13.8. The zero-order valence-corrected chi connectivity index (χ0v) is 17.6. The Morgan fingerprint density at radius 1 is 1.22 bits per heavy atom. The molecule has 1 N–H and O–H groups in total. The van der Waals surface area contributed by atoms with E-state index in [9.17, 15) is 13.2 Å². The third-order valence-electron chi connectivity index (χ3n) is 4.25. The second-order valence-corrected chi connectivity index (χ2v) is 9.69. The van der Waals surface area contributed by atoms with E-state index < -0.39 is 16.0 Å². The molecule has 2 heterocycles. The van der Waals surface area contributed by atoms with E-state index >= 15 is 0 Å². The molecular weight excluding hydrogens is 404 g/mol. The Morgan fingerprint density at radius 2 is 1.96 bits per heavy atom. The standard InChI is InChI=1S/C18H20N2O4S3/c1-20(2)14(13-11-26-15-7-5-4-6-12(13)15)10-19-27(22,23)16-8-9-25-17(16)18(21)24-3/h4-9,11,14,19H,10H2,1-3H3/t14-/m0/s1. The van der Waals surface area contributed by atoms with Crippen LogP contribution >= 0.6 is 22.7 Å². The van der Waals surface area contributed by atoms with Crippen molar-refractivity contribution in [1.82, 2.24) is 9.62 Å². The van der Waals surface area contributed by atoms with Crippen molar-refractivity contribution in [3.05, 3.63) is 51.5 Å². The fourth-order valence-electron chi connectivity index (χ4n) is 2.84. The lowest BCUT2D eigenvalue weighted by atomic mass is 10.1. The van der Waals surface area contributed by atoms with Gasteiger partial charge in [-0.3, -0.25) is 0 Å². The number of carbonyl (C=O) groups excluding carboxylic acids is 1. The second-order valence-electron chi connectivity index (χ2n) is 6.12. The van der Waals surface area contributed by atoms with Crippen LogP contribution in [0.5, 0.6) is 0 Å². The Hall–Kier alpha value is -1.78. The van der Waals surface area contributed by atoms with E-state index in [0.717, 1.165) is 27.0 Å². The Kier molecular flexibility index (Phi) is 5.97. The number of ether oxygens (including phenoxy) is 1. The number of carbonyl (C=O) groups is 1. The Labute approximate surface area is 166 Å². The molecule has 0 spiro atoms. The van der Waals surface area contributed by atoms with E-state index in [-0.39, 0.29) is 22.4 Å². The van der Waals surface area contributed by atoms with E-state index in [0.29, 0.717) is 0 Å². The van der Waals surface area contributed by atoms with Gasteiger partial charge >= 0.3 is 5.97 Å². The predicted octanol–water partition coefficient (Wildman–Crippen LogP) is 3.33. The molecule has 0 radical (unpaired) electrons. The van der Waals surface area contributed by atoms with Gasteiger partial charge in [0.1, 0.15) is 9.77 Å². The molecule has 9 heteroatoms. The molecule has 0 amide bonds. The zero-order chi connectivity index (χ0) is 19.6. The van der Waals surface area contributed by atoms with Gasteiger partial charge < -0.3 is 9.64 Å². The maximum absolute atomic E-state index is 12.8. The molecule has 27 heavy (non-hydrogen) atoms. The first-order valence-corrected chi connectivity index (χ1v) is 11.4. The van der Waals surface area contributed by atoms with E-state index in [1.807, 2.05) is 43.3 Å². The van der Waals surface area contributed by atoms with Crippen LogP contribution in [0.4, 0.5) is 0 Å². The van der Waals surface area contributed by atoms with E-state index in [1.54, 1.807) is 16.7 Å². The van der Waals surface area contributed by atoms with E-state index in [2.05, 4.69) is 14.8 Å². The molecule has 3 aromatic rings. The van der Waals surface area contributed by atoms with Gasteiger partial charge in [-0.25, -0.2) is 17.9 Å². The van der Waals surface area contributed by atoms with Crippen LogP contribution in [0.25, 0.3) is 10.1 Å². The van der Waals surface area contributed by atoms with Crippen LogP contribution in [0, 0.1) is 0 Å². The van der Waals surface area contributed by atoms with Gasteiger partial charge in [0.15, 0.2) is 0 Å². The summed E-state index contributed by atoms with van der Waals surface area (Å²) in [6.45, 7) is 0.187. The topological polar surface area (TPSA) is 75.7 Å². The first-order chi connectivity index (χ1) is 12.8. The lowest BCUT2D eigenvalue weighted by Gasteiger charge is -2.24. The number of hydrogen-bond acceptors (Lipinski definition) is 7. The van der Waals surface area contributed by atoms with Gasteiger partial charge in [0, 0.05) is 17.3 Å². The van der Waals surface area contributed by atoms with Gasteiger partial charge in [0.25, 0.3) is 0 Å². The Bertz CT molecular complexity index is 1050. The van der Waals surface area contributed by atoms with Crippen molar-refractivity contribution in [3.63, 3.8) is 0 Å². The minimum atomic E-state index is -3.84. The average Bonchev–Trinajstić information content (AvgIpc) is 3.29. The van der Waals surface area contributed by atoms with Crippen molar-refractivity contribution in [3.8, 4) is 0 Å². The molecule has 0 aliphatic heterocycles. The number of nitrogens with one attached hydrogen (secondary N) is 1. The number of methoxy groups -OCH3 is 1. The molecule has 144 valence electrons. The SMILES string of the molecule is COC(=O)c1sccc1S(=O)(=O)NC[C@@H](c1csc2ccccc12)N(C)C. The summed E-state index contributed by atoms with van der Waals surface area (Å²) >= 11 is 2.68. The highest BCUT2D eigenvalue weighted by Crippen LogP contribution is 2.32.